The molecule has 0 heterocycles. The Kier molecular flexibility index (Phi) is 7.71. The van der Waals surface area contributed by atoms with Crippen LogP contribution in [-0.4, -0.2) is 18.9 Å². The molecule has 0 radical (unpaired) electrons. The number of nitrogens with one attached hydrogen (secondary N) is 2. The normalized spacial score (nSPS) is 11.3. The Morgan fingerprint density at radius 2 is 1.48 bits per heavy atom. The minimum absolute atomic E-state index is 0.0362. The SMILES string of the molecule is COc1ccc(Br)cc1/C=C/C(=O)Nc1ccc(NC(=O)c2ccc(C(C)(C)C)cc2)cc1. The quantitative estimate of drug-likeness (QED) is 0.367. The molecule has 5 nitrogen and oxygen atoms in total. The molecular weight excluding hydrogens is 480 g/mol. The molecule has 0 fully saturated rings. The molecule has 0 aliphatic rings. The molecule has 2 amide bonds. The van der Waals surface area contributed by atoms with Crippen LogP contribution in [0.25, 0.3) is 6.08 Å². The second-order valence-electron chi connectivity index (χ2n) is 8.57. The smallest absolute Gasteiger partial charge is 0.255 e. The van der Waals surface area contributed by atoms with E-state index in [-0.39, 0.29) is 17.2 Å². The number of carbonyl (C=O) groups is 2. The molecule has 3 aromatic carbocycles. The lowest BCUT2D eigenvalue weighted by Crippen LogP contribution is -2.14. The molecule has 0 aromatic heterocycles. The number of carbonyl (C=O) groups excluding carboxylic acids is 2. The van der Waals surface area contributed by atoms with Crippen molar-refractivity contribution < 1.29 is 14.3 Å². The van der Waals surface area contributed by atoms with E-state index in [2.05, 4.69) is 47.3 Å². The zero-order valence-corrected chi connectivity index (χ0v) is 20.7. The summed E-state index contributed by atoms with van der Waals surface area (Å²) < 4.78 is 6.20. The third kappa shape index (κ3) is 6.80. The first-order valence-electron chi connectivity index (χ1n) is 10.5. The lowest BCUT2D eigenvalue weighted by molar-refractivity contribution is -0.111. The van der Waals surface area contributed by atoms with E-state index in [1.807, 2.05) is 42.5 Å². The molecule has 0 aliphatic carbocycles. The van der Waals surface area contributed by atoms with Gasteiger partial charge in [-0.2, -0.15) is 0 Å². The number of hydrogen-bond acceptors (Lipinski definition) is 3. The van der Waals surface area contributed by atoms with Crippen LogP contribution in [0.3, 0.4) is 0 Å². The third-order valence-electron chi connectivity index (χ3n) is 5.03. The van der Waals surface area contributed by atoms with E-state index >= 15 is 0 Å². The van der Waals surface area contributed by atoms with Crippen LogP contribution in [0.1, 0.15) is 42.3 Å². The van der Waals surface area contributed by atoms with Gasteiger partial charge in [0.1, 0.15) is 5.75 Å². The number of anilines is 2. The Bertz CT molecular complexity index is 1160. The monoisotopic (exact) mass is 506 g/mol. The van der Waals surface area contributed by atoms with E-state index in [0.717, 1.165) is 10.0 Å². The molecule has 170 valence electrons. The molecule has 0 atom stereocenters. The van der Waals surface area contributed by atoms with Gasteiger partial charge < -0.3 is 15.4 Å². The van der Waals surface area contributed by atoms with E-state index in [4.69, 9.17) is 4.74 Å². The number of amides is 2. The Hall–Kier alpha value is -3.38. The Labute approximate surface area is 203 Å². The van der Waals surface area contributed by atoms with Gasteiger partial charge in [-0.15, -0.1) is 0 Å². The average Bonchev–Trinajstić information content (AvgIpc) is 2.78. The van der Waals surface area contributed by atoms with Gasteiger partial charge in [-0.3, -0.25) is 9.59 Å². The minimum atomic E-state index is -0.271. The van der Waals surface area contributed by atoms with Crippen molar-refractivity contribution in [3.63, 3.8) is 0 Å². The fourth-order valence-corrected chi connectivity index (χ4v) is 3.53. The summed E-state index contributed by atoms with van der Waals surface area (Å²) in [6, 6.07) is 20.2. The number of rotatable bonds is 6. The zero-order chi connectivity index (χ0) is 24.0. The second-order valence-corrected chi connectivity index (χ2v) is 9.48. The van der Waals surface area contributed by atoms with Gasteiger partial charge in [0.2, 0.25) is 5.91 Å². The fraction of sp³-hybridized carbons (Fsp3) is 0.185. The fourth-order valence-electron chi connectivity index (χ4n) is 3.15. The van der Waals surface area contributed by atoms with Crippen molar-refractivity contribution in [2.45, 2.75) is 26.2 Å². The van der Waals surface area contributed by atoms with Crippen LogP contribution in [0.4, 0.5) is 11.4 Å². The highest BCUT2D eigenvalue weighted by Gasteiger charge is 2.14. The maximum Gasteiger partial charge on any atom is 0.255 e. The Morgan fingerprint density at radius 3 is 2.06 bits per heavy atom. The van der Waals surface area contributed by atoms with Crippen LogP contribution in [0.2, 0.25) is 0 Å². The molecule has 0 saturated carbocycles. The highest BCUT2D eigenvalue weighted by Crippen LogP contribution is 2.25. The third-order valence-corrected chi connectivity index (χ3v) is 5.52. The van der Waals surface area contributed by atoms with E-state index in [1.165, 1.54) is 11.6 Å². The maximum atomic E-state index is 12.5. The highest BCUT2D eigenvalue weighted by molar-refractivity contribution is 9.10. The standard InChI is InChI=1S/C27H27BrN2O3/c1-27(2,3)20-8-5-18(6-9-20)26(32)30-23-13-11-22(12-14-23)29-25(31)16-7-19-17-21(28)10-15-24(19)33-4/h5-17H,1-4H3,(H,29,31)(H,30,32)/b16-7+. The van der Waals surface area contributed by atoms with Crippen molar-refractivity contribution >= 4 is 45.2 Å². The summed E-state index contributed by atoms with van der Waals surface area (Å²) >= 11 is 3.42. The van der Waals surface area contributed by atoms with Crippen molar-refractivity contribution in [2.75, 3.05) is 17.7 Å². The van der Waals surface area contributed by atoms with Gasteiger partial charge in [0.15, 0.2) is 0 Å². The molecule has 3 aromatic rings. The van der Waals surface area contributed by atoms with Crippen LogP contribution in [0.15, 0.2) is 77.3 Å². The summed E-state index contributed by atoms with van der Waals surface area (Å²) in [5, 5.41) is 5.68. The lowest BCUT2D eigenvalue weighted by Gasteiger charge is -2.19. The lowest BCUT2D eigenvalue weighted by atomic mass is 9.87. The number of benzene rings is 3. The zero-order valence-electron chi connectivity index (χ0n) is 19.1. The molecule has 3 rings (SSSR count). The van der Waals surface area contributed by atoms with E-state index in [9.17, 15) is 9.59 Å². The molecule has 33 heavy (non-hydrogen) atoms. The molecule has 2 N–H and O–H groups in total. The molecule has 6 heteroatoms. The minimum Gasteiger partial charge on any atom is -0.496 e. The summed E-state index contributed by atoms with van der Waals surface area (Å²) in [7, 11) is 1.59. The highest BCUT2D eigenvalue weighted by atomic mass is 79.9. The molecule has 0 saturated heterocycles. The average molecular weight is 507 g/mol. The van der Waals surface area contributed by atoms with Gasteiger partial charge in [-0.1, -0.05) is 48.8 Å². The van der Waals surface area contributed by atoms with Crippen LogP contribution in [0.5, 0.6) is 5.75 Å². The molecule has 0 aliphatic heterocycles. The number of halogens is 1. The Balaban J connectivity index is 1.59. The molecule has 0 spiro atoms. The van der Waals surface area contributed by atoms with Crippen LogP contribution in [0, 0.1) is 0 Å². The van der Waals surface area contributed by atoms with E-state index in [1.54, 1.807) is 37.5 Å². The largest absolute Gasteiger partial charge is 0.496 e. The first kappa shape index (κ1) is 24.3. The van der Waals surface area contributed by atoms with Crippen molar-refractivity contribution in [1.29, 1.82) is 0 Å². The topological polar surface area (TPSA) is 67.4 Å². The summed E-state index contributed by atoms with van der Waals surface area (Å²) in [5.41, 5.74) is 3.86. The number of ether oxygens (including phenoxy) is 1. The summed E-state index contributed by atoms with van der Waals surface area (Å²) in [6.07, 6.45) is 3.14. The molecular formula is C27H27BrN2O3. The maximum absolute atomic E-state index is 12.5. The summed E-state index contributed by atoms with van der Waals surface area (Å²) in [4.78, 5) is 24.8. The predicted octanol–water partition coefficient (Wildman–Crippen LogP) is 6.66. The molecule has 0 bridgehead atoms. The predicted molar refractivity (Wildman–Crippen MR) is 138 cm³/mol. The summed E-state index contributed by atoms with van der Waals surface area (Å²) in [6.45, 7) is 6.40. The van der Waals surface area contributed by atoms with Crippen LogP contribution in [-0.2, 0) is 10.2 Å². The van der Waals surface area contributed by atoms with E-state index < -0.39 is 0 Å². The van der Waals surface area contributed by atoms with Gasteiger partial charge >= 0.3 is 0 Å². The first-order chi connectivity index (χ1) is 15.7. The van der Waals surface area contributed by atoms with Gasteiger partial charge in [0.25, 0.3) is 5.91 Å². The Morgan fingerprint density at radius 1 is 0.879 bits per heavy atom. The van der Waals surface area contributed by atoms with Crippen molar-refractivity contribution in [3.8, 4) is 5.75 Å². The van der Waals surface area contributed by atoms with Gasteiger partial charge in [-0.05, 0) is 71.7 Å². The van der Waals surface area contributed by atoms with Crippen molar-refractivity contribution in [1.82, 2.24) is 0 Å². The van der Waals surface area contributed by atoms with Crippen molar-refractivity contribution in [2.24, 2.45) is 0 Å². The summed E-state index contributed by atoms with van der Waals surface area (Å²) in [5.74, 6) is 0.223. The van der Waals surface area contributed by atoms with Crippen LogP contribution >= 0.6 is 15.9 Å². The second kappa shape index (κ2) is 10.5. The van der Waals surface area contributed by atoms with Gasteiger partial charge in [-0.25, -0.2) is 0 Å². The van der Waals surface area contributed by atoms with Gasteiger partial charge in [0, 0.05) is 33.1 Å². The van der Waals surface area contributed by atoms with E-state index in [0.29, 0.717) is 22.7 Å². The molecule has 0 unspecified atom stereocenters. The first-order valence-corrected chi connectivity index (χ1v) is 11.3. The number of methoxy groups -OCH3 is 1. The van der Waals surface area contributed by atoms with Crippen molar-refractivity contribution in [3.05, 3.63) is 94.0 Å². The van der Waals surface area contributed by atoms with Gasteiger partial charge in [0.05, 0.1) is 7.11 Å². The van der Waals surface area contributed by atoms with Crippen LogP contribution < -0.4 is 15.4 Å². The number of hydrogen-bond donors (Lipinski definition) is 2.